The quantitative estimate of drug-likeness (QED) is 0.568. The van der Waals surface area contributed by atoms with E-state index in [0.29, 0.717) is 11.1 Å². The number of aliphatic carboxylic acids is 1. The molecule has 0 spiro atoms. The second-order valence-corrected chi connectivity index (χ2v) is 6.69. The summed E-state index contributed by atoms with van der Waals surface area (Å²) >= 11 is 0. The van der Waals surface area contributed by atoms with E-state index in [-0.39, 0.29) is 23.2 Å². The third-order valence-corrected chi connectivity index (χ3v) is 4.78. The Labute approximate surface area is 167 Å². The predicted octanol–water partition coefficient (Wildman–Crippen LogP) is 2.05. The van der Waals surface area contributed by atoms with E-state index >= 15 is 0 Å². The zero-order chi connectivity index (χ0) is 21.2. The SMILES string of the molecule is COc1cc(/C=N/C2=NNC(C)(c3ccccc3O)N2C(C)C(=O)O)ccc1O. The van der Waals surface area contributed by atoms with Crippen LogP contribution >= 0.6 is 0 Å². The fourth-order valence-corrected chi connectivity index (χ4v) is 3.21. The van der Waals surface area contributed by atoms with Crippen molar-refractivity contribution in [1.82, 2.24) is 10.3 Å². The van der Waals surface area contributed by atoms with Crippen molar-refractivity contribution < 1.29 is 24.9 Å². The number of ether oxygens (including phenoxy) is 1. The van der Waals surface area contributed by atoms with Gasteiger partial charge >= 0.3 is 5.97 Å². The fraction of sp³-hybridized carbons (Fsp3) is 0.250. The first-order chi connectivity index (χ1) is 13.8. The van der Waals surface area contributed by atoms with E-state index in [0.717, 1.165) is 0 Å². The van der Waals surface area contributed by atoms with Crippen molar-refractivity contribution >= 4 is 18.1 Å². The summed E-state index contributed by atoms with van der Waals surface area (Å²) in [5, 5.41) is 33.8. The summed E-state index contributed by atoms with van der Waals surface area (Å²) in [4.78, 5) is 17.6. The molecule has 29 heavy (non-hydrogen) atoms. The number of nitrogens with one attached hydrogen (secondary N) is 1. The number of benzene rings is 2. The molecule has 2 atom stereocenters. The minimum Gasteiger partial charge on any atom is -0.508 e. The van der Waals surface area contributed by atoms with Gasteiger partial charge in [-0.05, 0) is 43.7 Å². The van der Waals surface area contributed by atoms with Crippen molar-refractivity contribution in [2.45, 2.75) is 25.6 Å². The van der Waals surface area contributed by atoms with Crippen LogP contribution in [0, 0.1) is 0 Å². The van der Waals surface area contributed by atoms with Crippen LogP contribution in [0.25, 0.3) is 0 Å². The van der Waals surface area contributed by atoms with E-state index in [2.05, 4.69) is 15.5 Å². The second-order valence-electron chi connectivity index (χ2n) is 6.69. The number of carboxylic acid groups (broad SMARTS) is 1. The molecule has 0 radical (unpaired) electrons. The van der Waals surface area contributed by atoms with Gasteiger partial charge in [0.25, 0.3) is 0 Å². The summed E-state index contributed by atoms with van der Waals surface area (Å²) in [6, 6.07) is 10.4. The normalized spacial score (nSPS) is 19.7. The minimum atomic E-state index is -1.12. The van der Waals surface area contributed by atoms with Crippen molar-refractivity contribution in [2.75, 3.05) is 7.11 Å². The molecule has 1 heterocycles. The lowest BCUT2D eigenvalue weighted by molar-refractivity contribution is -0.143. The van der Waals surface area contributed by atoms with Crippen LogP contribution in [0.1, 0.15) is 25.0 Å². The highest BCUT2D eigenvalue weighted by Crippen LogP contribution is 2.36. The maximum atomic E-state index is 11.7. The standard InChI is InChI=1S/C20H22N4O5/c1-12(18(27)28)24-19(21-11-13-8-9-16(26)17(10-13)29-3)22-23-20(24,2)14-6-4-5-7-15(14)25/h4-12,23,25-26H,1-3H3,(H,27,28)/b21-11+. The molecule has 3 rings (SSSR count). The minimum absolute atomic E-state index is 0.00206. The topological polar surface area (TPSA) is 127 Å². The second kappa shape index (κ2) is 7.70. The molecule has 2 unspecified atom stereocenters. The predicted molar refractivity (Wildman–Crippen MR) is 107 cm³/mol. The number of aliphatic imine (C=N–C) groups is 1. The van der Waals surface area contributed by atoms with Gasteiger partial charge in [0, 0.05) is 11.8 Å². The number of hydrogen-bond donors (Lipinski definition) is 4. The summed E-state index contributed by atoms with van der Waals surface area (Å²) in [6.07, 6.45) is 1.49. The van der Waals surface area contributed by atoms with Gasteiger partial charge < -0.3 is 20.1 Å². The molecule has 0 bridgehead atoms. The number of hydrogen-bond acceptors (Lipinski definition) is 8. The third-order valence-electron chi connectivity index (χ3n) is 4.78. The van der Waals surface area contributed by atoms with Crippen LogP contribution in [-0.2, 0) is 10.5 Å². The Hall–Kier alpha value is -3.75. The molecular weight excluding hydrogens is 376 g/mol. The highest BCUT2D eigenvalue weighted by molar-refractivity contribution is 5.96. The van der Waals surface area contributed by atoms with Gasteiger partial charge in [0.05, 0.1) is 7.11 Å². The fourth-order valence-electron chi connectivity index (χ4n) is 3.21. The molecule has 4 N–H and O–H groups in total. The highest BCUT2D eigenvalue weighted by Gasteiger charge is 2.46. The number of phenolic OH excluding ortho intramolecular Hbond substituents is 2. The van der Waals surface area contributed by atoms with Gasteiger partial charge in [-0.2, -0.15) is 0 Å². The molecule has 9 nitrogen and oxygen atoms in total. The Morgan fingerprint density at radius 2 is 2.00 bits per heavy atom. The maximum Gasteiger partial charge on any atom is 0.326 e. The summed E-state index contributed by atoms with van der Waals surface area (Å²) in [6.45, 7) is 3.24. The third kappa shape index (κ3) is 3.66. The van der Waals surface area contributed by atoms with Gasteiger partial charge in [-0.1, -0.05) is 18.2 Å². The van der Waals surface area contributed by atoms with E-state index in [1.807, 2.05) is 0 Å². The maximum absolute atomic E-state index is 11.7. The van der Waals surface area contributed by atoms with Crippen LogP contribution in [0.4, 0.5) is 0 Å². The number of phenols is 2. The van der Waals surface area contributed by atoms with E-state index in [1.165, 1.54) is 37.3 Å². The number of aromatic hydroxyl groups is 2. The Bertz CT molecular complexity index is 991. The summed E-state index contributed by atoms with van der Waals surface area (Å²) in [5.41, 5.74) is 2.88. The number of para-hydroxylation sites is 1. The molecule has 0 saturated carbocycles. The smallest absolute Gasteiger partial charge is 0.326 e. The van der Waals surface area contributed by atoms with Gasteiger partial charge in [0.15, 0.2) is 17.2 Å². The molecule has 0 amide bonds. The van der Waals surface area contributed by atoms with Crippen LogP contribution in [0.2, 0.25) is 0 Å². The van der Waals surface area contributed by atoms with Crippen LogP contribution in [0.15, 0.2) is 52.6 Å². The van der Waals surface area contributed by atoms with Gasteiger partial charge in [-0.25, -0.2) is 9.79 Å². The summed E-state index contributed by atoms with van der Waals surface area (Å²) in [7, 11) is 1.44. The number of carbonyl (C=O) groups is 1. The molecule has 1 aliphatic heterocycles. The lowest BCUT2D eigenvalue weighted by Crippen LogP contribution is -2.55. The van der Waals surface area contributed by atoms with Crippen molar-refractivity contribution in [3.8, 4) is 17.2 Å². The molecule has 152 valence electrons. The van der Waals surface area contributed by atoms with Crippen LogP contribution in [0.5, 0.6) is 17.2 Å². The number of carboxylic acids is 1. The first kappa shape index (κ1) is 20.0. The van der Waals surface area contributed by atoms with Gasteiger partial charge in [-0.3, -0.25) is 10.3 Å². The van der Waals surface area contributed by atoms with Crippen LogP contribution in [0.3, 0.4) is 0 Å². The number of nitrogens with zero attached hydrogens (tertiary/aromatic N) is 3. The average Bonchev–Trinajstić information content (AvgIpc) is 3.04. The Balaban J connectivity index is 1.98. The highest BCUT2D eigenvalue weighted by atomic mass is 16.5. The first-order valence-corrected chi connectivity index (χ1v) is 8.84. The van der Waals surface area contributed by atoms with Gasteiger partial charge in [-0.15, -0.1) is 5.10 Å². The largest absolute Gasteiger partial charge is 0.508 e. The van der Waals surface area contributed by atoms with Crippen molar-refractivity contribution in [3.63, 3.8) is 0 Å². The summed E-state index contributed by atoms with van der Waals surface area (Å²) in [5.74, 6) is -0.635. The number of guanidine groups is 1. The number of rotatable bonds is 5. The lowest BCUT2D eigenvalue weighted by atomic mass is 9.98. The van der Waals surface area contributed by atoms with E-state index in [4.69, 9.17) is 4.74 Å². The van der Waals surface area contributed by atoms with E-state index < -0.39 is 17.7 Å². The Morgan fingerprint density at radius 1 is 1.28 bits per heavy atom. The Morgan fingerprint density at radius 3 is 2.66 bits per heavy atom. The van der Waals surface area contributed by atoms with Crippen molar-refractivity contribution in [1.29, 1.82) is 0 Å². The van der Waals surface area contributed by atoms with Crippen molar-refractivity contribution in [3.05, 3.63) is 53.6 Å². The van der Waals surface area contributed by atoms with E-state index in [9.17, 15) is 20.1 Å². The molecule has 0 fully saturated rings. The number of methoxy groups -OCH3 is 1. The molecule has 2 aromatic rings. The monoisotopic (exact) mass is 398 g/mol. The molecule has 2 aromatic carbocycles. The van der Waals surface area contributed by atoms with Gasteiger partial charge in [0.2, 0.25) is 5.96 Å². The van der Waals surface area contributed by atoms with Crippen molar-refractivity contribution in [2.24, 2.45) is 10.1 Å². The molecule has 9 heteroatoms. The number of hydrazone groups is 1. The zero-order valence-corrected chi connectivity index (χ0v) is 16.2. The van der Waals surface area contributed by atoms with Crippen LogP contribution < -0.4 is 10.2 Å². The molecule has 0 saturated heterocycles. The zero-order valence-electron chi connectivity index (χ0n) is 16.2. The molecule has 0 aliphatic carbocycles. The Kier molecular flexibility index (Phi) is 5.31. The van der Waals surface area contributed by atoms with E-state index in [1.54, 1.807) is 37.3 Å². The molecular formula is C20H22N4O5. The molecule has 0 aromatic heterocycles. The summed E-state index contributed by atoms with van der Waals surface area (Å²) < 4.78 is 5.08. The lowest BCUT2D eigenvalue weighted by Gasteiger charge is -2.38. The van der Waals surface area contributed by atoms with Crippen LogP contribution in [-0.4, -0.2) is 51.5 Å². The first-order valence-electron chi connectivity index (χ1n) is 8.84. The molecule has 1 aliphatic rings. The van der Waals surface area contributed by atoms with Gasteiger partial charge in [0.1, 0.15) is 11.8 Å². The average molecular weight is 398 g/mol.